The highest BCUT2D eigenvalue weighted by Crippen LogP contribution is 2.17. The summed E-state index contributed by atoms with van der Waals surface area (Å²) in [6.45, 7) is 3.34. The van der Waals surface area contributed by atoms with Gasteiger partial charge in [0, 0.05) is 48.0 Å². The van der Waals surface area contributed by atoms with Crippen molar-refractivity contribution >= 4 is 11.6 Å². The molecule has 26 heavy (non-hydrogen) atoms. The third-order valence-corrected chi connectivity index (χ3v) is 4.16. The lowest BCUT2D eigenvalue weighted by Gasteiger charge is -2.22. The first-order valence-corrected chi connectivity index (χ1v) is 8.72. The number of carbonyl (C=O) groups is 1. The Kier molecular flexibility index (Phi) is 5.63. The fraction of sp³-hybridized carbons (Fsp3) is 0.250. The number of rotatable bonds is 7. The minimum atomic E-state index is 0.0674. The lowest BCUT2D eigenvalue weighted by molar-refractivity contribution is -0.131. The van der Waals surface area contributed by atoms with Crippen LogP contribution < -0.4 is 5.73 Å². The molecule has 3 aromatic rings. The highest BCUT2D eigenvalue weighted by atomic mass is 16.2. The predicted molar refractivity (Wildman–Crippen MR) is 102 cm³/mol. The van der Waals surface area contributed by atoms with Crippen molar-refractivity contribution in [2.75, 3.05) is 12.3 Å². The van der Waals surface area contributed by atoms with Crippen LogP contribution in [0.1, 0.15) is 24.6 Å². The van der Waals surface area contributed by atoms with E-state index in [1.807, 2.05) is 47.5 Å². The molecule has 0 radical (unpaired) electrons. The number of benzene rings is 1. The summed E-state index contributed by atoms with van der Waals surface area (Å²) in [5.41, 5.74) is 10.3. The molecule has 0 saturated carbocycles. The van der Waals surface area contributed by atoms with Gasteiger partial charge < -0.3 is 10.6 Å². The Morgan fingerprint density at radius 2 is 2.08 bits per heavy atom. The Hall–Kier alpha value is -3.15. The summed E-state index contributed by atoms with van der Waals surface area (Å²) in [7, 11) is 0. The predicted octanol–water partition coefficient (Wildman–Crippen LogP) is 3.04. The number of anilines is 1. The summed E-state index contributed by atoms with van der Waals surface area (Å²) in [6.07, 6.45) is 6.52. The highest BCUT2D eigenvalue weighted by Gasteiger charge is 2.15. The molecule has 3 N–H and O–H groups in total. The van der Waals surface area contributed by atoms with E-state index in [1.165, 1.54) is 0 Å². The van der Waals surface area contributed by atoms with Gasteiger partial charge in [-0.3, -0.25) is 14.9 Å². The molecule has 0 aliphatic heterocycles. The molecule has 6 heteroatoms. The van der Waals surface area contributed by atoms with Crippen LogP contribution in [-0.4, -0.2) is 32.5 Å². The quantitative estimate of drug-likeness (QED) is 0.642. The number of hydrogen-bond donors (Lipinski definition) is 2. The number of H-pyrrole nitrogens is 1. The summed E-state index contributed by atoms with van der Waals surface area (Å²) in [4.78, 5) is 19.0. The average Bonchev–Trinajstić information content (AvgIpc) is 3.17. The molecular formula is C20H23N5O. The molecule has 0 bridgehead atoms. The van der Waals surface area contributed by atoms with Gasteiger partial charge in [0.1, 0.15) is 0 Å². The molecule has 1 amide bonds. The van der Waals surface area contributed by atoms with Crippen molar-refractivity contribution in [3.05, 3.63) is 66.2 Å². The standard InChI is InChI=1S/C20H23N5O/c1-2-8-25(14-15-4-3-5-18(21)9-15)20(26)10-19-7-6-16(11-22-19)17-12-23-24-13-17/h3-7,9,11-13H,2,8,10,14,21H2,1H3,(H,23,24). The van der Waals surface area contributed by atoms with Crippen LogP contribution in [-0.2, 0) is 17.8 Å². The number of aromatic amines is 1. The number of amides is 1. The maximum Gasteiger partial charge on any atom is 0.228 e. The summed E-state index contributed by atoms with van der Waals surface area (Å²) >= 11 is 0. The maximum atomic E-state index is 12.7. The van der Waals surface area contributed by atoms with E-state index in [9.17, 15) is 4.79 Å². The fourth-order valence-electron chi connectivity index (χ4n) is 2.85. The molecule has 3 rings (SSSR count). The van der Waals surface area contributed by atoms with E-state index in [1.54, 1.807) is 12.4 Å². The van der Waals surface area contributed by atoms with E-state index in [0.29, 0.717) is 18.8 Å². The van der Waals surface area contributed by atoms with Gasteiger partial charge in [-0.1, -0.05) is 25.1 Å². The zero-order chi connectivity index (χ0) is 18.4. The Balaban J connectivity index is 1.67. The van der Waals surface area contributed by atoms with E-state index >= 15 is 0 Å². The Morgan fingerprint density at radius 1 is 1.19 bits per heavy atom. The van der Waals surface area contributed by atoms with Crippen LogP contribution in [0.3, 0.4) is 0 Å². The van der Waals surface area contributed by atoms with Crippen LogP contribution in [0.5, 0.6) is 0 Å². The third kappa shape index (κ3) is 4.47. The molecule has 0 atom stereocenters. The Labute approximate surface area is 153 Å². The summed E-state index contributed by atoms with van der Waals surface area (Å²) in [5.74, 6) is 0.0674. The molecule has 2 aromatic heterocycles. The van der Waals surface area contributed by atoms with Crippen molar-refractivity contribution < 1.29 is 4.79 Å². The van der Waals surface area contributed by atoms with Gasteiger partial charge in [0.25, 0.3) is 0 Å². The summed E-state index contributed by atoms with van der Waals surface area (Å²) in [5, 5.41) is 6.72. The zero-order valence-electron chi connectivity index (χ0n) is 14.9. The summed E-state index contributed by atoms with van der Waals surface area (Å²) < 4.78 is 0. The second kappa shape index (κ2) is 8.29. The Bertz CT molecular complexity index is 843. The topological polar surface area (TPSA) is 87.9 Å². The molecule has 0 aliphatic rings. The van der Waals surface area contributed by atoms with E-state index in [2.05, 4.69) is 22.1 Å². The lowest BCUT2D eigenvalue weighted by Crippen LogP contribution is -2.32. The van der Waals surface area contributed by atoms with E-state index in [0.717, 1.165) is 28.8 Å². The van der Waals surface area contributed by atoms with E-state index < -0.39 is 0 Å². The van der Waals surface area contributed by atoms with Crippen LogP contribution in [0.15, 0.2) is 55.0 Å². The van der Waals surface area contributed by atoms with Crippen molar-refractivity contribution in [2.45, 2.75) is 26.3 Å². The monoisotopic (exact) mass is 349 g/mol. The van der Waals surface area contributed by atoms with Crippen LogP contribution in [0.25, 0.3) is 11.1 Å². The van der Waals surface area contributed by atoms with Gasteiger partial charge >= 0.3 is 0 Å². The number of nitrogens with one attached hydrogen (secondary N) is 1. The molecule has 134 valence electrons. The number of nitrogens with zero attached hydrogens (tertiary/aromatic N) is 3. The highest BCUT2D eigenvalue weighted by molar-refractivity contribution is 5.78. The number of aromatic nitrogens is 3. The van der Waals surface area contributed by atoms with Gasteiger partial charge in [-0.05, 0) is 30.2 Å². The van der Waals surface area contributed by atoms with Gasteiger partial charge in [-0.15, -0.1) is 0 Å². The van der Waals surface area contributed by atoms with Crippen molar-refractivity contribution in [2.24, 2.45) is 0 Å². The third-order valence-electron chi connectivity index (χ3n) is 4.16. The molecule has 0 aliphatic carbocycles. The van der Waals surface area contributed by atoms with E-state index in [4.69, 9.17) is 5.73 Å². The van der Waals surface area contributed by atoms with Gasteiger partial charge in [0.05, 0.1) is 12.6 Å². The number of hydrogen-bond acceptors (Lipinski definition) is 4. The van der Waals surface area contributed by atoms with Crippen molar-refractivity contribution in [1.82, 2.24) is 20.1 Å². The smallest absolute Gasteiger partial charge is 0.228 e. The first-order valence-electron chi connectivity index (χ1n) is 8.72. The number of carbonyl (C=O) groups excluding carboxylic acids is 1. The lowest BCUT2D eigenvalue weighted by atomic mass is 10.1. The van der Waals surface area contributed by atoms with Crippen LogP contribution in [0.4, 0.5) is 5.69 Å². The zero-order valence-corrected chi connectivity index (χ0v) is 14.9. The molecule has 6 nitrogen and oxygen atoms in total. The molecule has 1 aromatic carbocycles. The molecule has 0 fully saturated rings. The van der Waals surface area contributed by atoms with Gasteiger partial charge in [-0.2, -0.15) is 5.10 Å². The normalized spacial score (nSPS) is 10.7. The number of pyridine rings is 1. The number of nitrogens with two attached hydrogens (primary N) is 1. The van der Waals surface area contributed by atoms with Crippen molar-refractivity contribution in [3.8, 4) is 11.1 Å². The van der Waals surface area contributed by atoms with Crippen molar-refractivity contribution in [3.63, 3.8) is 0 Å². The minimum absolute atomic E-state index is 0.0674. The second-order valence-electron chi connectivity index (χ2n) is 6.26. The minimum Gasteiger partial charge on any atom is -0.399 e. The molecular weight excluding hydrogens is 326 g/mol. The van der Waals surface area contributed by atoms with Gasteiger partial charge in [0.2, 0.25) is 5.91 Å². The van der Waals surface area contributed by atoms with Gasteiger partial charge in [-0.25, -0.2) is 0 Å². The molecule has 0 spiro atoms. The molecule has 2 heterocycles. The van der Waals surface area contributed by atoms with Gasteiger partial charge in [0.15, 0.2) is 0 Å². The Morgan fingerprint density at radius 3 is 2.73 bits per heavy atom. The van der Waals surface area contributed by atoms with E-state index in [-0.39, 0.29) is 12.3 Å². The molecule has 0 unspecified atom stereocenters. The van der Waals surface area contributed by atoms with Crippen LogP contribution in [0, 0.1) is 0 Å². The van der Waals surface area contributed by atoms with Crippen LogP contribution >= 0.6 is 0 Å². The average molecular weight is 349 g/mol. The number of nitrogen functional groups attached to an aromatic ring is 1. The first-order chi connectivity index (χ1) is 12.7. The largest absolute Gasteiger partial charge is 0.399 e. The first kappa shape index (κ1) is 17.7. The SMILES string of the molecule is CCCN(Cc1cccc(N)c1)C(=O)Cc1ccc(-c2cn[nH]c2)cn1. The summed E-state index contributed by atoms with van der Waals surface area (Å²) in [6, 6.07) is 11.5. The van der Waals surface area contributed by atoms with Crippen LogP contribution in [0.2, 0.25) is 0 Å². The van der Waals surface area contributed by atoms with Crippen molar-refractivity contribution in [1.29, 1.82) is 0 Å². The fourth-order valence-corrected chi connectivity index (χ4v) is 2.85. The maximum absolute atomic E-state index is 12.7. The molecule has 0 saturated heterocycles. The second-order valence-corrected chi connectivity index (χ2v) is 6.26.